The van der Waals surface area contributed by atoms with E-state index in [9.17, 15) is 20.2 Å². The van der Waals surface area contributed by atoms with Gasteiger partial charge in [-0.3, -0.25) is 19.8 Å². The van der Waals surface area contributed by atoms with Crippen molar-refractivity contribution < 1.29 is 9.72 Å². The monoisotopic (exact) mass is 544 g/mol. The predicted octanol–water partition coefficient (Wildman–Crippen LogP) is 6.91. The first kappa shape index (κ1) is 25.5. The fourth-order valence-electron chi connectivity index (χ4n) is 5.38. The number of anilines is 1. The number of nitrogens with zero attached hydrogens (tertiary/aromatic N) is 3. The Bertz CT molecular complexity index is 1590. The van der Waals surface area contributed by atoms with Crippen LogP contribution in [0.4, 0.5) is 11.4 Å². The minimum atomic E-state index is -0.942. The van der Waals surface area contributed by atoms with Crippen LogP contribution in [0.3, 0.4) is 0 Å². The van der Waals surface area contributed by atoms with E-state index in [2.05, 4.69) is 6.07 Å². The number of nitrogens with two attached hydrogens (primary N) is 1. The molecule has 0 spiro atoms. The fourth-order valence-corrected chi connectivity index (χ4v) is 5.78. The van der Waals surface area contributed by atoms with Crippen molar-refractivity contribution in [3.8, 4) is 6.07 Å². The van der Waals surface area contributed by atoms with Gasteiger partial charge in [-0.2, -0.15) is 5.26 Å². The van der Waals surface area contributed by atoms with E-state index in [0.717, 1.165) is 11.1 Å². The van der Waals surface area contributed by atoms with Gasteiger partial charge in [0.05, 0.1) is 28.2 Å². The van der Waals surface area contributed by atoms with Gasteiger partial charge in [-0.25, -0.2) is 0 Å². The highest BCUT2D eigenvalue weighted by Gasteiger charge is 2.44. The van der Waals surface area contributed by atoms with Crippen molar-refractivity contribution in [3.05, 3.63) is 126 Å². The van der Waals surface area contributed by atoms with Crippen LogP contribution in [0, 0.1) is 28.4 Å². The summed E-state index contributed by atoms with van der Waals surface area (Å²) in [5.41, 5.74) is 10.3. The van der Waals surface area contributed by atoms with Crippen LogP contribution < -0.4 is 10.6 Å². The average molecular weight is 545 g/mol. The molecule has 190 valence electrons. The van der Waals surface area contributed by atoms with Crippen LogP contribution >= 0.6 is 23.2 Å². The van der Waals surface area contributed by atoms with Crippen molar-refractivity contribution in [2.75, 3.05) is 4.90 Å². The molecule has 0 saturated carbocycles. The molecule has 7 nitrogen and oxygen atoms in total. The van der Waals surface area contributed by atoms with E-state index in [1.54, 1.807) is 17.0 Å². The Hall–Kier alpha value is -4.12. The van der Waals surface area contributed by atoms with Crippen LogP contribution in [0.15, 0.2) is 89.4 Å². The van der Waals surface area contributed by atoms with Gasteiger partial charge in [-0.1, -0.05) is 59.6 Å². The van der Waals surface area contributed by atoms with Crippen molar-refractivity contribution in [1.29, 1.82) is 5.26 Å². The van der Waals surface area contributed by atoms with Gasteiger partial charge in [0.2, 0.25) is 0 Å². The molecule has 0 aromatic heterocycles. The molecular formula is C29H22Cl2N4O3. The lowest BCUT2D eigenvalue weighted by molar-refractivity contribution is -0.384. The van der Waals surface area contributed by atoms with Crippen molar-refractivity contribution in [2.45, 2.75) is 31.6 Å². The maximum atomic E-state index is 14.0. The Kier molecular flexibility index (Phi) is 6.70. The average Bonchev–Trinajstić information content (AvgIpc) is 2.90. The lowest BCUT2D eigenvalue weighted by Crippen LogP contribution is -2.40. The lowest BCUT2D eigenvalue weighted by atomic mass is 9.71. The van der Waals surface area contributed by atoms with Crippen molar-refractivity contribution >= 4 is 40.4 Å². The summed E-state index contributed by atoms with van der Waals surface area (Å²) in [6.45, 7) is 1.85. The van der Waals surface area contributed by atoms with Crippen LogP contribution in [0.1, 0.15) is 41.4 Å². The van der Waals surface area contributed by atoms with Crippen LogP contribution in [-0.4, -0.2) is 10.7 Å². The number of nitriles is 1. The van der Waals surface area contributed by atoms with Crippen LogP contribution in [0.2, 0.25) is 10.0 Å². The molecule has 0 bridgehead atoms. The molecule has 38 heavy (non-hydrogen) atoms. The summed E-state index contributed by atoms with van der Waals surface area (Å²) in [5.74, 6) is -1.10. The standard InChI is InChI=1S/C29H22Cl2N4O3/c1-16-22(30)8-5-9-24(16)34-25-12-18(17-6-3-2-4-7-17)13-26(36)28(25)27(21(15-32)29(34)33)20-14-19(35(37)38)10-11-23(20)31/h2-11,14,18,27H,12-13,33H2,1H3/t18-,27+/m1/s1. The van der Waals surface area contributed by atoms with Crippen LogP contribution in [0.25, 0.3) is 0 Å². The van der Waals surface area contributed by atoms with Crippen molar-refractivity contribution in [1.82, 2.24) is 0 Å². The van der Waals surface area contributed by atoms with Gasteiger partial charge in [0.25, 0.3) is 5.69 Å². The molecule has 2 aliphatic rings. The Morgan fingerprint density at radius 2 is 1.79 bits per heavy atom. The Morgan fingerprint density at radius 3 is 2.47 bits per heavy atom. The zero-order valence-corrected chi connectivity index (χ0v) is 21.8. The molecule has 2 atom stereocenters. The van der Waals surface area contributed by atoms with Crippen LogP contribution in [0.5, 0.6) is 0 Å². The van der Waals surface area contributed by atoms with Gasteiger partial charge in [-0.05, 0) is 54.2 Å². The fraction of sp³-hybridized carbons (Fsp3) is 0.172. The topological polar surface area (TPSA) is 113 Å². The number of carbonyl (C=O) groups is 1. The summed E-state index contributed by atoms with van der Waals surface area (Å²) < 4.78 is 0. The Labute approximate surface area is 229 Å². The third-order valence-corrected chi connectivity index (χ3v) is 7.97. The van der Waals surface area contributed by atoms with E-state index in [1.165, 1.54) is 18.2 Å². The minimum absolute atomic E-state index is 0.0945. The molecule has 1 aliphatic carbocycles. The summed E-state index contributed by atoms with van der Waals surface area (Å²) in [6.07, 6.45) is 0.673. The smallest absolute Gasteiger partial charge is 0.269 e. The Balaban J connectivity index is 1.79. The molecule has 9 heteroatoms. The number of nitro benzene ring substituents is 1. The van der Waals surface area contributed by atoms with Gasteiger partial charge in [0.15, 0.2) is 5.78 Å². The Morgan fingerprint density at radius 1 is 1.05 bits per heavy atom. The summed E-state index contributed by atoms with van der Waals surface area (Å²) in [5, 5.41) is 22.6. The molecule has 2 N–H and O–H groups in total. The number of non-ortho nitro benzene ring substituents is 1. The zero-order chi connectivity index (χ0) is 27.1. The number of halogens is 2. The van der Waals surface area contributed by atoms with Gasteiger partial charge >= 0.3 is 0 Å². The first-order valence-corrected chi connectivity index (χ1v) is 12.7. The summed E-state index contributed by atoms with van der Waals surface area (Å²) >= 11 is 13.0. The maximum Gasteiger partial charge on any atom is 0.269 e. The number of hydrogen-bond acceptors (Lipinski definition) is 6. The largest absolute Gasteiger partial charge is 0.384 e. The predicted molar refractivity (Wildman–Crippen MR) is 147 cm³/mol. The third-order valence-electron chi connectivity index (χ3n) is 7.22. The molecule has 0 fully saturated rings. The lowest BCUT2D eigenvalue weighted by Gasteiger charge is -2.42. The van der Waals surface area contributed by atoms with Gasteiger partial charge in [0.1, 0.15) is 5.82 Å². The van der Waals surface area contributed by atoms with Crippen LogP contribution in [-0.2, 0) is 4.79 Å². The summed E-state index contributed by atoms with van der Waals surface area (Å²) in [4.78, 5) is 26.7. The van der Waals surface area contributed by atoms with E-state index in [4.69, 9.17) is 28.9 Å². The highest BCUT2D eigenvalue weighted by atomic mass is 35.5. The molecule has 0 radical (unpaired) electrons. The summed E-state index contributed by atoms with van der Waals surface area (Å²) in [6, 6.07) is 21.3. The molecule has 5 rings (SSSR count). The molecule has 0 saturated heterocycles. The molecule has 3 aromatic carbocycles. The van der Waals surface area contributed by atoms with Gasteiger partial charge in [-0.15, -0.1) is 0 Å². The van der Waals surface area contributed by atoms with Gasteiger partial charge in [0, 0.05) is 39.9 Å². The number of allylic oxidation sites excluding steroid dienone is 3. The normalized spacial score (nSPS) is 19.3. The molecular weight excluding hydrogens is 523 g/mol. The van der Waals surface area contributed by atoms with Gasteiger partial charge < -0.3 is 5.73 Å². The minimum Gasteiger partial charge on any atom is -0.384 e. The van der Waals surface area contributed by atoms with E-state index in [0.29, 0.717) is 34.0 Å². The second kappa shape index (κ2) is 9.97. The van der Waals surface area contributed by atoms with Crippen molar-refractivity contribution in [3.63, 3.8) is 0 Å². The second-order valence-electron chi connectivity index (χ2n) is 9.33. The van der Waals surface area contributed by atoms with E-state index in [1.807, 2.05) is 43.3 Å². The first-order chi connectivity index (χ1) is 18.2. The number of ketones is 1. The molecule has 3 aromatic rings. The number of benzene rings is 3. The number of nitro groups is 1. The highest BCUT2D eigenvalue weighted by molar-refractivity contribution is 6.32. The van der Waals surface area contributed by atoms with Crippen molar-refractivity contribution in [2.24, 2.45) is 5.73 Å². The molecule has 1 heterocycles. The maximum absolute atomic E-state index is 14.0. The number of rotatable bonds is 4. The second-order valence-corrected chi connectivity index (χ2v) is 10.1. The number of Topliss-reactive ketones (excluding diaryl/α,β-unsaturated/α-hetero) is 1. The summed E-state index contributed by atoms with van der Waals surface area (Å²) in [7, 11) is 0. The SMILES string of the molecule is Cc1c(Cl)cccc1N1C(N)=C(C#N)[C@H](c2cc([N+](=O)[O-])ccc2Cl)C2=C1C[C@@H](c1ccccc1)CC2=O. The highest BCUT2D eigenvalue weighted by Crippen LogP contribution is 2.51. The molecule has 0 unspecified atom stereocenters. The van der Waals surface area contributed by atoms with E-state index < -0.39 is 10.8 Å². The number of carbonyl (C=O) groups excluding carboxylic acids is 1. The van der Waals surface area contributed by atoms with E-state index >= 15 is 0 Å². The molecule has 1 aliphatic heterocycles. The first-order valence-electron chi connectivity index (χ1n) is 11.9. The zero-order valence-electron chi connectivity index (χ0n) is 20.3. The number of hydrogen-bond donors (Lipinski definition) is 1. The molecule has 0 amide bonds. The van der Waals surface area contributed by atoms with E-state index in [-0.39, 0.29) is 40.2 Å². The third kappa shape index (κ3) is 4.22. The quantitative estimate of drug-likeness (QED) is 0.282.